The highest BCUT2D eigenvalue weighted by molar-refractivity contribution is 9.10. The highest BCUT2D eigenvalue weighted by Gasteiger charge is 2.35. The summed E-state index contributed by atoms with van der Waals surface area (Å²) < 4.78 is 25.6. The second kappa shape index (κ2) is 11.9. The van der Waals surface area contributed by atoms with E-state index in [9.17, 15) is 18.8 Å². The third kappa shape index (κ3) is 6.57. The average Bonchev–Trinajstić information content (AvgIpc) is 3.12. The summed E-state index contributed by atoms with van der Waals surface area (Å²) >= 11 is 3.47. The van der Waals surface area contributed by atoms with Gasteiger partial charge in [-0.1, -0.05) is 40.2 Å². The number of anilines is 1. The van der Waals surface area contributed by atoms with E-state index in [2.05, 4.69) is 26.6 Å². The molecule has 4 rings (SSSR count). The van der Waals surface area contributed by atoms with E-state index < -0.39 is 24.4 Å². The van der Waals surface area contributed by atoms with Crippen molar-refractivity contribution in [2.24, 2.45) is 0 Å². The highest BCUT2D eigenvalue weighted by Crippen LogP contribution is 2.35. The molecule has 0 saturated carbocycles. The van der Waals surface area contributed by atoms with Crippen LogP contribution in [0.15, 0.2) is 70.8 Å². The van der Waals surface area contributed by atoms with Gasteiger partial charge in [0.25, 0.3) is 5.91 Å². The zero-order valence-electron chi connectivity index (χ0n) is 20.7. The van der Waals surface area contributed by atoms with Crippen LogP contribution >= 0.6 is 15.9 Å². The van der Waals surface area contributed by atoms with E-state index in [0.717, 1.165) is 10.5 Å². The molecule has 0 radical (unpaired) electrons. The van der Waals surface area contributed by atoms with Crippen molar-refractivity contribution >= 4 is 45.5 Å². The molecule has 38 heavy (non-hydrogen) atoms. The van der Waals surface area contributed by atoms with Crippen LogP contribution in [0, 0.1) is 12.7 Å². The van der Waals surface area contributed by atoms with Gasteiger partial charge < -0.3 is 20.1 Å². The molecular formula is C28H25BrFN3O5. The fourth-order valence-corrected chi connectivity index (χ4v) is 4.20. The van der Waals surface area contributed by atoms with E-state index in [1.54, 1.807) is 42.5 Å². The van der Waals surface area contributed by atoms with Crippen molar-refractivity contribution in [1.82, 2.24) is 10.2 Å². The summed E-state index contributed by atoms with van der Waals surface area (Å²) in [7, 11) is 0. The molecule has 3 aromatic rings. The van der Waals surface area contributed by atoms with Gasteiger partial charge in [-0.15, -0.1) is 0 Å². The molecule has 1 aliphatic rings. The summed E-state index contributed by atoms with van der Waals surface area (Å²) in [4.78, 5) is 38.7. The van der Waals surface area contributed by atoms with E-state index in [1.165, 1.54) is 18.2 Å². The minimum Gasteiger partial charge on any atom is -0.490 e. The van der Waals surface area contributed by atoms with Gasteiger partial charge in [0.2, 0.25) is 5.91 Å². The number of benzene rings is 3. The van der Waals surface area contributed by atoms with Crippen LogP contribution in [0.2, 0.25) is 0 Å². The first-order valence-electron chi connectivity index (χ1n) is 11.8. The number of hydrogen-bond donors (Lipinski definition) is 2. The Morgan fingerprint density at radius 3 is 2.58 bits per heavy atom. The quantitative estimate of drug-likeness (QED) is 0.260. The predicted molar refractivity (Wildman–Crippen MR) is 144 cm³/mol. The van der Waals surface area contributed by atoms with Gasteiger partial charge in [0, 0.05) is 10.2 Å². The first kappa shape index (κ1) is 26.9. The number of carbonyl (C=O) groups excluding carboxylic acids is 3. The number of urea groups is 1. The predicted octanol–water partition coefficient (Wildman–Crippen LogP) is 5.41. The first-order chi connectivity index (χ1) is 18.2. The molecule has 0 bridgehead atoms. The van der Waals surface area contributed by atoms with Gasteiger partial charge in [0.05, 0.1) is 6.61 Å². The Morgan fingerprint density at radius 1 is 1.08 bits per heavy atom. The minimum atomic E-state index is -0.697. The molecule has 3 aromatic carbocycles. The standard InChI is InChI=1S/C28H25BrFN3O5/c1-3-37-24-13-19(22(29)14-25(24)38-16-18-7-5-8-20(30)11-18)12-23-27(35)33(28(36)32-23)15-26(34)31-21-9-4-6-17(2)10-21/h4-14H,3,15-16H2,1-2H3,(H,31,34)(H,32,36)/b23-12+. The molecular weight excluding hydrogens is 557 g/mol. The Bertz CT molecular complexity index is 1430. The van der Waals surface area contributed by atoms with Crippen LogP contribution in [-0.4, -0.2) is 35.9 Å². The van der Waals surface area contributed by atoms with E-state index in [0.29, 0.717) is 39.4 Å². The molecule has 4 amide bonds. The van der Waals surface area contributed by atoms with E-state index >= 15 is 0 Å². The molecule has 1 saturated heterocycles. The number of aryl methyl sites for hydroxylation is 1. The van der Waals surface area contributed by atoms with Gasteiger partial charge in [-0.3, -0.25) is 9.59 Å². The van der Waals surface area contributed by atoms with Crippen molar-refractivity contribution in [2.45, 2.75) is 20.5 Å². The normalized spacial score (nSPS) is 14.0. The monoisotopic (exact) mass is 581 g/mol. The molecule has 0 aromatic heterocycles. The van der Waals surface area contributed by atoms with Crippen molar-refractivity contribution in [3.63, 3.8) is 0 Å². The van der Waals surface area contributed by atoms with Gasteiger partial charge in [-0.2, -0.15) is 0 Å². The van der Waals surface area contributed by atoms with Crippen molar-refractivity contribution < 1.29 is 28.2 Å². The maximum Gasteiger partial charge on any atom is 0.329 e. The van der Waals surface area contributed by atoms with E-state index in [-0.39, 0.29) is 18.1 Å². The summed E-state index contributed by atoms with van der Waals surface area (Å²) in [5.74, 6) is -0.665. The number of nitrogens with zero attached hydrogens (tertiary/aromatic N) is 1. The zero-order valence-corrected chi connectivity index (χ0v) is 22.3. The molecule has 1 aliphatic heterocycles. The van der Waals surface area contributed by atoms with Crippen LogP contribution in [0.3, 0.4) is 0 Å². The second-order valence-electron chi connectivity index (χ2n) is 8.47. The third-order valence-electron chi connectivity index (χ3n) is 5.51. The number of nitrogens with one attached hydrogen (secondary N) is 2. The summed E-state index contributed by atoms with van der Waals surface area (Å²) in [6.07, 6.45) is 1.49. The molecule has 0 aliphatic carbocycles. The van der Waals surface area contributed by atoms with E-state index in [4.69, 9.17) is 9.47 Å². The van der Waals surface area contributed by atoms with Gasteiger partial charge in [-0.25, -0.2) is 14.1 Å². The average molecular weight is 582 g/mol. The number of rotatable bonds is 9. The van der Waals surface area contributed by atoms with Crippen molar-refractivity contribution in [2.75, 3.05) is 18.5 Å². The Kier molecular flexibility index (Phi) is 8.42. The van der Waals surface area contributed by atoms with Crippen molar-refractivity contribution in [3.05, 3.63) is 93.3 Å². The lowest BCUT2D eigenvalue weighted by Gasteiger charge is -2.14. The van der Waals surface area contributed by atoms with Crippen LogP contribution in [0.4, 0.5) is 14.9 Å². The molecule has 10 heteroatoms. The summed E-state index contributed by atoms with van der Waals surface area (Å²) in [6.45, 7) is 3.75. The smallest absolute Gasteiger partial charge is 0.329 e. The Hall–Kier alpha value is -4.18. The second-order valence-corrected chi connectivity index (χ2v) is 9.32. The number of halogens is 2. The fraction of sp³-hybridized carbons (Fsp3) is 0.179. The van der Waals surface area contributed by atoms with Crippen LogP contribution in [-0.2, 0) is 16.2 Å². The molecule has 0 spiro atoms. The van der Waals surface area contributed by atoms with Crippen LogP contribution in [0.5, 0.6) is 11.5 Å². The zero-order chi connectivity index (χ0) is 27.2. The third-order valence-corrected chi connectivity index (χ3v) is 6.20. The Labute approximate surface area is 227 Å². The largest absolute Gasteiger partial charge is 0.490 e. The lowest BCUT2D eigenvalue weighted by molar-refractivity contribution is -0.127. The van der Waals surface area contributed by atoms with Crippen molar-refractivity contribution in [3.8, 4) is 11.5 Å². The number of imide groups is 1. The SMILES string of the molecule is CCOc1cc(/C=C2/NC(=O)N(CC(=O)Nc3cccc(C)c3)C2=O)c(Br)cc1OCc1cccc(F)c1. The minimum absolute atomic E-state index is 0.00920. The lowest BCUT2D eigenvalue weighted by Crippen LogP contribution is -2.38. The molecule has 8 nitrogen and oxygen atoms in total. The van der Waals surface area contributed by atoms with Crippen LogP contribution in [0.1, 0.15) is 23.6 Å². The van der Waals surface area contributed by atoms with Gasteiger partial charge in [0.15, 0.2) is 11.5 Å². The van der Waals surface area contributed by atoms with Gasteiger partial charge >= 0.3 is 6.03 Å². The first-order valence-corrected chi connectivity index (χ1v) is 12.6. The molecule has 1 heterocycles. The summed E-state index contributed by atoms with van der Waals surface area (Å²) in [6, 6.07) is 15.9. The van der Waals surface area contributed by atoms with Gasteiger partial charge in [0.1, 0.15) is 24.7 Å². The lowest BCUT2D eigenvalue weighted by atomic mass is 10.1. The maximum absolute atomic E-state index is 13.5. The summed E-state index contributed by atoms with van der Waals surface area (Å²) in [5, 5.41) is 5.20. The molecule has 0 atom stereocenters. The van der Waals surface area contributed by atoms with Crippen molar-refractivity contribution in [1.29, 1.82) is 0 Å². The fourth-order valence-electron chi connectivity index (χ4n) is 3.77. The van der Waals surface area contributed by atoms with Crippen LogP contribution < -0.4 is 20.1 Å². The molecule has 2 N–H and O–H groups in total. The molecule has 0 unspecified atom stereocenters. The number of amides is 4. The topological polar surface area (TPSA) is 97.0 Å². The Balaban J connectivity index is 1.49. The number of ether oxygens (including phenoxy) is 2. The van der Waals surface area contributed by atoms with Gasteiger partial charge in [-0.05, 0) is 73.0 Å². The van der Waals surface area contributed by atoms with E-state index in [1.807, 2.05) is 19.9 Å². The number of hydrogen-bond acceptors (Lipinski definition) is 5. The molecule has 196 valence electrons. The Morgan fingerprint density at radius 2 is 1.84 bits per heavy atom. The summed E-state index contributed by atoms with van der Waals surface area (Å²) in [5.41, 5.74) is 2.74. The number of carbonyl (C=O) groups is 3. The highest BCUT2D eigenvalue weighted by atomic mass is 79.9. The molecule has 1 fully saturated rings. The maximum atomic E-state index is 13.5. The van der Waals surface area contributed by atoms with Crippen LogP contribution in [0.25, 0.3) is 6.08 Å².